The minimum Gasteiger partial charge on any atom is -0.480 e. The van der Waals surface area contributed by atoms with E-state index in [-0.39, 0.29) is 6.61 Å². The van der Waals surface area contributed by atoms with E-state index in [0.717, 1.165) is 0 Å². The summed E-state index contributed by atoms with van der Waals surface area (Å²) in [6.45, 7) is 2.15. The van der Waals surface area contributed by atoms with Gasteiger partial charge in [-0.2, -0.15) is 13.2 Å². The first-order valence-electron chi connectivity index (χ1n) is 4.82. The molecule has 1 atom stereocenters. The van der Waals surface area contributed by atoms with Crippen LogP contribution in [0.2, 0.25) is 0 Å². The molecule has 1 amide bonds. The number of carbonyl (C=O) groups is 2. The molecule has 0 radical (unpaired) electrons. The zero-order valence-electron chi connectivity index (χ0n) is 9.24. The van der Waals surface area contributed by atoms with Gasteiger partial charge in [-0.3, -0.25) is 4.79 Å². The highest BCUT2D eigenvalue weighted by molar-refractivity contribution is 5.88. The van der Waals surface area contributed by atoms with Crippen LogP contribution in [-0.4, -0.2) is 52.9 Å². The zero-order chi connectivity index (χ0) is 13.4. The number of carboxylic acid groups (broad SMARTS) is 1. The molecule has 0 spiro atoms. The van der Waals surface area contributed by atoms with Crippen molar-refractivity contribution >= 4 is 11.9 Å². The largest absolute Gasteiger partial charge is 0.480 e. The minimum absolute atomic E-state index is 0.126. The van der Waals surface area contributed by atoms with Gasteiger partial charge in [-0.05, 0) is 13.8 Å². The van der Waals surface area contributed by atoms with Crippen molar-refractivity contribution in [2.75, 3.05) is 13.2 Å². The monoisotopic (exact) mass is 255 g/mol. The third-order valence-corrected chi connectivity index (χ3v) is 2.51. The first-order chi connectivity index (χ1) is 7.57. The maximum atomic E-state index is 12.3. The molecule has 1 N–H and O–H groups in total. The molecule has 1 aliphatic rings. The van der Waals surface area contributed by atoms with E-state index >= 15 is 0 Å². The highest BCUT2D eigenvalue weighted by Crippen LogP contribution is 2.29. The molecule has 5 nitrogen and oxygen atoms in total. The molecule has 1 unspecified atom stereocenters. The number of hydrogen-bond donors (Lipinski definition) is 1. The molecule has 1 heterocycles. The summed E-state index contributed by atoms with van der Waals surface area (Å²) < 4.78 is 42.0. The summed E-state index contributed by atoms with van der Waals surface area (Å²) in [5.74, 6) is -3.67. The number of aliphatic carboxylic acids is 1. The number of halogens is 3. The van der Waals surface area contributed by atoms with E-state index in [4.69, 9.17) is 9.84 Å². The number of amides is 1. The molecule has 1 rings (SSSR count). The molecule has 0 saturated carbocycles. The molecular formula is C9H12F3NO4. The first kappa shape index (κ1) is 13.8. The standard InChI is InChI=1S/C9H12F3NO4/c1-8(2)5(6(14)15)13(3-4-17-8)7(16)9(10,11)12/h5H,3-4H2,1-2H3,(H,14,15). The molecular weight excluding hydrogens is 243 g/mol. The van der Waals surface area contributed by atoms with Crippen molar-refractivity contribution in [2.24, 2.45) is 0 Å². The summed E-state index contributed by atoms with van der Waals surface area (Å²) >= 11 is 0. The maximum Gasteiger partial charge on any atom is 0.471 e. The molecule has 1 aliphatic heterocycles. The van der Waals surface area contributed by atoms with Crippen LogP contribution in [0.4, 0.5) is 13.2 Å². The van der Waals surface area contributed by atoms with E-state index in [1.165, 1.54) is 13.8 Å². The molecule has 98 valence electrons. The van der Waals surface area contributed by atoms with Crippen LogP contribution in [-0.2, 0) is 14.3 Å². The Balaban J connectivity index is 3.05. The molecule has 8 heteroatoms. The van der Waals surface area contributed by atoms with Crippen molar-refractivity contribution in [1.29, 1.82) is 0 Å². The van der Waals surface area contributed by atoms with E-state index in [1.807, 2.05) is 0 Å². The predicted molar refractivity (Wildman–Crippen MR) is 49.2 cm³/mol. The number of alkyl halides is 3. The molecule has 0 aromatic carbocycles. The van der Waals surface area contributed by atoms with Gasteiger partial charge in [0.15, 0.2) is 6.04 Å². The van der Waals surface area contributed by atoms with Crippen molar-refractivity contribution in [3.05, 3.63) is 0 Å². The van der Waals surface area contributed by atoms with E-state index in [2.05, 4.69) is 0 Å². The highest BCUT2D eigenvalue weighted by Gasteiger charge is 2.52. The topological polar surface area (TPSA) is 66.8 Å². The Hall–Kier alpha value is -1.31. The van der Waals surface area contributed by atoms with Crippen molar-refractivity contribution in [3.63, 3.8) is 0 Å². The summed E-state index contributed by atoms with van der Waals surface area (Å²) in [5, 5.41) is 8.92. The van der Waals surface area contributed by atoms with Gasteiger partial charge in [0.05, 0.1) is 12.2 Å². The molecule has 1 saturated heterocycles. The lowest BCUT2D eigenvalue weighted by Crippen LogP contribution is -2.64. The fraction of sp³-hybridized carbons (Fsp3) is 0.778. The third kappa shape index (κ3) is 2.68. The van der Waals surface area contributed by atoms with Gasteiger partial charge in [0, 0.05) is 6.54 Å². The maximum absolute atomic E-state index is 12.3. The van der Waals surface area contributed by atoms with Crippen molar-refractivity contribution in [1.82, 2.24) is 4.90 Å². The lowest BCUT2D eigenvalue weighted by Gasteiger charge is -2.43. The smallest absolute Gasteiger partial charge is 0.471 e. The van der Waals surface area contributed by atoms with Gasteiger partial charge in [-0.1, -0.05) is 0 Å². The Bertz CT molecular complexity index is 340. The van der Waals surface area contributed by atoms with Gasteiger partial charge in [-0.25, -0.2) is 4.79 Å². The third-order valence-electron chi connectivity index (χ3n) is 2.51. The van der Waals surface area contributed by atoms with Gasteiger partial charge in [0.25, 0.3) is 0 Å². The summed E-state index contributed by atoms with van der Waals surface area (Å²) in [4.78, 5) is 22.4. The summed E-state index contributed by atoms with van der Waals surface area (Å²) in [5.41, 5.74) is -1.36. The van der Waals surface area contributed by atoms with Crippen LogP contribution in [0.15, 0.2) is 0 Å². The van der Waals surface area contributed by atoms with Crippen LogP contribution in [0.5, 0.6) is 0 Å². The Morgan fingerprint density at radius 3 is 2.35 bits per heavy atom. The van der Waals surface area contributed by atoms with Crippen LogP contribution < -0.4 is 0 Å². The van der Waals surface area contributed by atoms with Gasteiger partial charge in [0.1, 0.15) is 0 Å². The summed E-state index contributed by atoms with van der Waals surface area (Å²) in [7, 11) is 0. The van der Waals surface area contributed by atoms with E-state index in [0.29, 0.717) is 4.90 Å². The Kier molecular flexibility index (Phi) is 3.37. The van der Waals surface area contributed by atoms with Gasteiger partial charge in [0.2, 0.25) is 0 Å². The normalized spacial score (nSPS) is 24.5. The molecule has 0 bridgehead atoms. The molecule has 1 fully saturated rings. The van der Waals surface area contributed by atoms with Crippen molar-refractivity contribution in [3.8, 4) is 0 Å². The second-order valence-corrected chi connectivity index (χ2v) is 4.19. The molecule has 0 aromatic rings. The number of ether oxygens (including phenoxy) is 1. The number of rotatable bonds is 1. The number of carbonyl (C=O) groups excluding carboxylic acids is 1. The minimum atomic E-state index is -5.08. The lowest BCUT2D eigenvalue weighted by atomic mass is 9.95. The highest BCUT2D eigenvalue weighted by atomic mass is 19.4. The Labute approximate surface area is 95.1 Å². The van der Waals surface area contributed by atoms with Crippen LogP contribution in [0.1, 0.15) is 13.8 Å². The number of nitrogens with zero attached hydrogens (tertiary/aromatic N) is 1. The van der Waals surface area contributed by atoms with Gasteiger partial charge < -0.3 is 14.7 Å². The zero-order valence-corrected chi connectivity index (χ0v) is 9.24. The van der Waals surface area contributed by atoms with Crippen LogP contribution in [0, 0.1) is 0 Å². The van der Waals surface area contributed by atoms with Crippen molar-refractivity contribution in [2.45, 2.75) is 31.7 Å². The van der Waals surface area contributed by atoms with E-state index < -0.39 is 36.2 Å². The first-order valence-corrected chi connectivity index (χ1v) is 4.82. The Morgan fingerprint density at radius 1 is 1.41 bits per heavy atom. The van der Waals surface area contributed by atoms with Crippen molar-refractivity contribution < 1.29 is 32.6 Å². The van der Waals surface area contributed by atoms with E-state index in [9.17, 15) is 22.8 Å². The fourth-order valence-corrected chi connectivity index (χ4v) is 1.80. The second kappa shape index (κ2) is 4.17. The fourth-order valence-electron chi connectivity index (χ4n) is 1.80. The van der Waals surface area contributed by atoms with Crippen LogP contribution in [0.25, 0.3) is 0 Å². The lowest BCUT2D eigenvalue weighted by molar-refractivity contribution is -0.207. The Morgan fingerprint density at radius 2 is 1.94 bits per heavy atom. The summed E-state index contributed by atoms with van der Waals surface area (Å²) in [6, 6.07) is -1.65. The molecule has 17 heavy (non-hydrogen) atoms. The van der Waals surface area contributed by atoms with Gasteiger partial charge >= 0.3 is 18.1 Å². The predicted octanol–water partition coefficient (Wildman–Crippen LogP) is 0.639. The average molecular weight is 255 g/mol. The van der Waals surface area contributed by atoms with Gasteiger partial charge in [-0.15, -0.1) is 0 Å². The number of morpholine rings is 1. The van der Waals surface area contributed by atoms with Crippen LogP contribution in [0.3, 0.4) is 0 Å². The quantitative estimate of drug-likeness (QED) is 0.746. The molecule has 0 aromatic heterocycles. The number of carboxylic acids is 1. The second-order valence-electron chi connectivity index (χ2n) is 4.19. The molecule has 0 aliphatic carbocycles. The summed E-state index contributed by atoms with van der Waals surface area (Å²) in [6.07, 6.45) is -5.08. The van der Waals surface area contributed by atoms with Crippen LogP contribution >= 0.6 is 0 Å². The van der Waals surface area contributed by atoms with E-state index in [1.54, 1.807) is 0 Å². The average Bonchev–Trinajstić information content (AvgIpc) is 2.12. The SMILES string of the molecule is CC1(C)OCCN(C(=O)C(F)(F)F)C1C(=O)O. The number of hydrogen-bond acceptors (Lipinski definition) is 3.